The highest BCUT2D eigenvalue weighted by Gasteiger charge is 2.20. The molecule has 0 saturated carbocycles. The molecule has 0 fully saturated rings. The standard InChI is InChI=1S/C24H26N2O3S/c1-4-22(19-13-9-17(2)10-14-19)25-24(27)21-7-5-6-8-23(21)26-30(28,29)20-15-11-18(3)12-16-20/h5-16,22,26H,4H2,1-3H3,(H,25,27)/t22-/m1/s1. The third-order valence-corrected chi connectivity index (χ3v) is 6.32. The summed E-state index contributed by atoms with van der Waals surface area (Å²) < 4.78 is 28.1. The van der Waals surface area contributed by atoms with E-state index >= 15 is 0 Å². The number of rotatable bonds is 7. The van der Waals surface area contributed by atoms with Gasteiger partial charge >= 0.3 is 0 Å². The number of sulfonamides is 1. The second-order valence-electron chi connectivity index (χ2n) is 7.31. The molecule has 0 aromatic heterocycles. The second-order valence-corrected chi connectivity index (χ2v) is 8.99. The molecular weight excluding hydrogens is 396 g/mol. The second kappa shape index (κ2) is 9.13. The van der Waals surface area contributed by atoms with Crippen LogP contribution in [0.15, 0.2) is 77.7 Å². The molecule has 1 amide bonds. The molecule has 0 spiro atoms. The molecule has 3 aromatic carbocycles. The molecule has 0 aliphatic rings. The quantitative estimate of drug-likeness (QED) is 0.563. The van der Waals surface area contributed by atoms with E-state index in [4.69, 9.17) is 0 Å². The zero-order chi connectivity index (χ0) is 21.7. The Bertz CT molecular complexity index is 1120. The average Bonchev–Trinajstić information content (AvgIpc) is 2.73. The van der Waals surface area contributed by atoms with Gasteiger partial charge in [-0.2, -0.15) is 0 Å². The Morgan fingerprint density at radius 3 is 2.03 bits per heavy atom. The zero-order valence-electron chi connectivity index (χ0n) is 17.3. The van der Waals surface area contributed by atoms with Crippen molar-refractivity contribution in [2.24, 2.45) is 0 Å². The summed E-state index contributed by atoms with van der Waals surface area (Å²) in [5, 5.41) is 3.02. The SMILES string of the molecule is CC[C@@H](NC(=O)c1ccccc1NS(=O)(=O)c1ccc(C)cc1)c1ccc(C)cc1. The monoisotopic (exact) mass is 422 g/mol. The molecule has 3 aromatic rings. The lowest BCUT2D eigenvalue weighted by Gasteiger charge is -2.19. The maximum absolute atomic E-state index is 13.0. The molecular formula is C24H26N2O3S. The van der Waals surface area contributed by atoms with E-state index in [9.17, 15) is 13.2 Å². The summed E-state index contributed by atoms with van der Waals surface area (Å²) in [4.78, 5) is 13.1. The van der Waals surface area contributed by atoms with Crippen LogP contribution in [-0.4, -0.2) is 14.3 Å². The Kier molecular flexibility index (Phi) is 6.57. The molecule has 0 radical (unpaired) electrons. The molecule has 1 atom stereocenters. The summed E-state index contributed by atoms with van der Waals surface area (Å²) in [5.41, 5.74) is 3.65. The van der Waals surface area contributed by atoms with Gasteiger partial charge in [0.2, 0.25) is 0 Å². The van der Waals surface area contributed by atoms with E-state index in [2.05, 4.69) is 10.0 Å². The molecule has 0 aliphatic heterocycles. The number of hydrogen-bond donors (Lipinski definition) is 2. The molecule has 0 heterocycles. The average molecular weight is 423 g/mol. The number of amides is 1. The van der Waals surface area contributed by atoms with Gasteiger partial charge < -0.3 is 5.32 Å². The number of benzene rings is 3. The van der Waals surface area contributed by atoms with Crippen LogP contribution in [0.4, 0.5) is 5.69 Å². The lowest BCUT2D eigenvalue weighted by molar-refractivity contribution is 0.0936. The van der Waals surface area contributed by atoms with Crippen molar-refractivity contribution in [3.8, 4) is 0 Å². The van der Waals surface area contributed by atoms with Crippen LogP contribution in [0.25, 0.3) is 0 Å². The molecule has 3 rings (SSSR count). The van der Waals surface area contributed by atoms with Crippen LogP contribution in [0.3, 0.4) is 0 Å². The van der Waals surface area contributed by atoms with Gasteiger partial charge in [-0.25, -0.2) is 8.42 Å². The zero-order valence-corrected chi connectivity index (χ0v) is 18.2. The third-order valence-electron chi connectivity index (χ3n) is 4.94. The van der Waals surface area contributed by atoms with Crippen molar-refractivity contribution in [1.29, 1.82) is 0 Å². The highest BCUT2D eigenvalue weighted by molar-refractivity contribution is 7.92. The molecule has 156 valence electrons. The topological polar surface area (TPSA) is 75.3 Å². The van der Waals surface area contributed by atoms with Crippen LogP contribution < -0.4 is 10.0 Å². The van der Waals surface area contributed by atoms with Gasteiger partial charge in [0.1, 0.15) is 0 Å². The van der Waals surface area contributed by atoms with Crippen LogP contribution in [0.2, 0.25) is 0 Å². The first-order valence-corrected chi connectivity index (χ1v) is 11.3. The number of hydrogen-bond acceptors (Lipinski definition) is 3. The van der Waals surface area contributed by atoms with E-state index in [0.717, 1.165) is 16.7 Å². The largest absolute Gasteiger partial charge is 0.345 e. The van der Waals surface area contributed by atoms with Crippen molar-refractivity contribution in [3.63, 3.8) is 0 Å². The summed E-state index contributed by atoms with van der Waals surface area (Å²) in [6, 6.07) is 21.0. The van der Waals surface area contributed by atoms with Crippen LogP contribution in [-0.2, 0) is 10.0 Å². The van der Waals surface area contributed by atoms with Crippen molar-refractivity contribution in [2.45, 2.75) is 38.1 Å². The van der Waals surface area contributed by atoms with Gasteiger partial charge in [0.05, 0.1) is 22.2 Å². The molecule has 0 unspecified atom stereocenters. The molecule has 30 heavy (non-hydrogen) atoms. The summed E-state index contributed by atoms with van der Waals surface area (Å²) in [7, 11) is -3.81. The fourth-order valence-corrected chi connectivity index (χ4v) is 4.23. The fourth-order valence-electron chi connectivity index (χ4n) is 3.15. The number of nitrogens with one attached hydrogen (secondary N) is 2. The van der Waals surface area contributed by atoms with Gasteiger partial charge in [0.25, 0.3) is 15.9 Å². The van der Waals surface area contributed by atoms with Crippen molar-refractivity contribution < 1.29 is 13.2 Å². The minimum atomic E-state index is -3.81. The van der Waals surface area contributed by atoms with Crippen molar-refractivity contribution in [1.82, 2.24) is 5.32 Å². The predicted octanol–water partition coefficient (Wildman–Crippen LogP) is 4.99. The summed E-state index contributed by atoms with van der Waals surface area (Å²) in [6.45, 7) is 5.90. The molecule has 6 heteroatoms. The van der Waals surface area contributed by atoms with Gasteiger partial charge in [-0.05, 0) is 50.1 Å². The first kappa shape index (κ1) is 21.6. The van der Waals surface area contributed by atoms with E-state index in [1.165, 1.54) is 0 Å². The normalized spacial score (nSPS) is 12.2. The van der Waals surface area contributed by atoms with Gasteiger partial charge in [-0.15, -0.1) is 0 Å². The maximum Gasteiger partial charge on any atom is 0.261 e. The third kappa shape index (κ3) is 5.07. The van der Waals surface area contributed by atoms with Gasteiger partial charge in [-0.3, -0.25) is 9.52 Å². The van der Waals surface area contributed by atoms with Crippen LogP contribution >= 0.6 is 0 Å². The lowest BCUT2D eigenvalue weighted by Crippen LogP contribution is -2.29. The summed E-state index contributed by atoms with van der Waals surface area (Å²) in [5.74, 6) is -0.329. The molecule has 2 N–H and O–H groups in total. The highest BCUT2D eigenvalue weighted by Crippen LogP contribution is 2.23. The Hall–Kier alpha value is -3.12. The maximum atomic E-state index is 13.0. The lowest BCUT2D eigenvalue weighted by atomic mass is 10.0. The van der Waals surface area contributed by atoms with Gasteiger partial charge in [0, 0.05) is 0 Å². The van der Waals surface area contributed by atoms with Crippen LogP contribution in [0.5, 0.6) is 0 Å². The summed E-state index contributed by atoms with van der Waals surface area (Å²) >= 11 is 0. The Morgan fingerprint density at radius 2 is 1.43 bits per heavy atom. The Balaban J connectivity index is 1.84. The van der Waals surface area contributed by atoms with Crippen molar-refractivity contribution in [2.75, 3.05) is 4.72 Å². The number of para-hydroxylation sites is 1. The Labute approximate surface area is 178 Å². The fraction of sp³-hybridized carbons (Fsp3) is 0.208. The van der Waals surface area contributed by atoms with Gasteiger partial charge in [0.15, 0.2) is 0 Å². The van der Waals surface area contributed by atoms with Crippen molar-refractivity contribution >= 4 is 21.6 Å². The molecule has 0 aliphatic carbocycles. The van der Waals surface area contributed by atoms with Crippen LogP contribution in [0.1, 0.15) is 46.4 Å². The number of anilines is 1. The number of carbonyl (C=O) groups excluding carboxylic acids is 1. The van der Waals surface area contributed by atoms with E-state index in [1.807, 2.05) is 45.0 Å². The van der Waals surface area contributed by atoms with E-state index in [1.54, 1.807) is 48.5 Å². The molecule has 0 bridgehead atoms. The van der Waals surface area contributed by atoms with Crippen molar-refractivity contribution in [3.05, 3.63) is 95.1 Å². The van der Waals surface area contributed by atoms with E-state index in [-0.39, 0.29) is 28.1 Å². The first-order valence-electron chi connectivity index (χ1n) is 9.86. The van der Waals surface area contributed by atoms with E-state index < -0.39 is 10.0 Å². The number of carbonyl (C=O) groups is 1. The number of aryl methyl sites for hydroxylation is 2. The smallest absolute Gasteiger partial charge is 0.261 e. The first-order chi connectivity index (χ1) is 14.3. The van der Waals surface area contributed by atoms with Crippen LogP contribution in [0, 0.1) is 13.8 Å². The highest BCUT2D eigenvalue weighted by atomic mass is 32.2. The Morgan fingerprint density at radius 1 is 0.867 bits per heavy atom. The minimum absolute atomic E-state index is 0.148. The predicted molar refractivity (Wildman–Crippen MR) is 120 cm³/mol. The molecule has 0 saturated heterocycles. The minimum Gasteiger partial charge on any atom is -0.345 e. The molecule has 5 nitrogen and oxygen atoms in total. The van der Waals surface area contributed by atoms with E-state index in [0.29, 0.717) is 6.42 Å². The van der Waals surface area contributed by atoms with Gasteiger partial charge in [-0.1, -0.05) is 66.6 Å². The summed E-state index contributed by atoms with van der Waals surface area (Å²) in [6.07, 6.45) is 0.714.